The van der Waals surface area contributed by atoms with Crippen molar-refractivity contribution in [2.45, 2.75) is 13.8 Å². The van der Waals surface area contributed by atoms with Crippen LogP contribution in [0.4, 0.5) is 11.4 Å². The van der Waals surface area contributed by atoms with Crippen molar-refractivity contribution < 1.29 is 9.59 Å². The summed E-state index contributed by atoms with van der Waals surface area (Å²) in [5, 5.41) is 5.42. The first kappa shape index (κ1) is 13.8. The summed E-state index contributed by atoms with van der Waals surface area (Å²) in [5.74, 6) is -0.167. The fourth-order valence-corrected chi connectivity index (χ4v) is 1.90. The number of carbonyl (C=O) groups is 2. The maximum Gasteiger partial charge on any atom is 0.255 e. The predicted octanol–water partition coefficient (Wildman–Crippen LogP) is 3.12. The lowest BCUT2D eigenvalue weighted by molar-refractivity contribution is -0.105. The number of aryl methyl sites for hydroxylation is 2. The lowest BCUT2D eigenvalue weighted by atomic mass is 10.1. The third-order valence-electron chi connectivity index (χ3n) is 2.99. The molecular formula is C16H16N2O2. The molecule has 0 fully saturated rings. The molecule has 0 aliphatic heterocycles. The van der Waals surface area contributed by atoms with E-state index in [1.165, 1.54) is 0 Å². The van der Waals surface area contributed by atoms with Crippen molar-refractivity contribution in [2.75, 3.05) is 10.6 Å². The zero-order chi connectivity index (χ0) is 14.5. The molecule has 0 aliphatic carbocycles. The third kappa shape index (κ3) is 3.23. The molecule has 0 saturated heterocycles. The van der Waals surface area contributed by atoms with Gasteiger partial charge in [-0.1, -0.05) is 23.8 Å². The Kier molecular flexibility index (Phi) is 4.15. The summed E-state index contributed by atoms with van der Waals surface area (Å²) in [7, 11) is 0. The minimum atomic E-state index is -0.167. The summed E-state index contributed by atoms with van der Waals surface area (Å²) < 4.78 is 0. The van der Waals surface area contributed by atoms with Gasteiger partial charge in [0.1, 0.15) is 0 Å². The Bertz CT molecular complexity index is 651. The lowest BCUT2D eigenvalue weighted by Gasteiger charge is -2.10. The van der Waals surface area contributed by atoms with Crippen LogP contribution < -0.4 is 10.6 Å². The van der Waals surface area contributed by atoms with Gasteiger partial charge in [0.2, 0.25) is 6.41 Å². The SMILES string of the molecule is Cc1cccc(C(=O)Nc2cc(NC=O)ccc2C)c1. The first-order valence-corrected chi connectivity index (χ1v) is 6.29. The number of hydrogen-bond acceptors (Lipinski definition) is 2. The van der Waals surface area contributed by atoms with E-state index in [-0.39, 0.29) is 5.91 Å². The Morgan fingerprint density at radius 1 is 1.10 bits per heavy atom. The lowest BCUT2D eigenvalue weighted by Crippen LogP contribution is -2.13. The van der Waals surface area contributed by atoms with E-state index in [0.29, 0.717) is 23.3 Å². The molecule has 4 heteroatoms. The van der Waals surface area contributed by atoms with Crippen molar-refractivity contribution in [3.63, 3.8) is 0 Å². The minimum absolute atomic E-state index is 0.167. The summed E-state index contributed by atoms with van der Waals surface area (Å²) in [4.78, 5) is 22.6. The normalized spacial score (nSPS) is 9.90. The highest BCUT2D eigenvalue weighted by molar-refractivity contribution is 6.05. The second-order valence-electron chi connectivity index (χ2n) is 4.62. The Morgan fingerprint density at radius 3 is 2.60 bits per heavy atom. The van der Waals surface area contributed by atoms with E-state index < -0.39 is 0 Å². The number of hydrogen-bond donors (Lipinski definition) is 2. The van der Waals surface area contributed by atoms with Crippen molar-refractivity contribution >= 4 is 23.7 Å². The van der Waals surface area contributed by atoms with Crippen molar-refractivity contribution in [1.29, 1.82) is 0 Å². The molecule has 2 aromatic rings. The Labute approximate surface area is 117 Å². The highest BCUT2D eigenvalue weighted by Gasteiger charge is 2.08. The van der Waals surface area contributed by atoms with E-state index in [1.807, 2.05) is 38.1 Å². The molecule has 2 N–H and O–H groups in total. The van der Waals surface area contributed by atoms with E-state index in [0.717, 1.165) is 11.1 Å². The summed E-state index contributed by atoms with van der Waals surface area (Å²) in [5.41, 5.74) is 3.90. The highest BCUT2D eigenvalue weighted by atomic mass is 16.1. The van der Waals surface area contributed by atoms with Gasteiger partial charge in [-0.25, -0.2) is 0 Å². The maximum absolute atomic E-state index is 12.2. The van der Waals surface area contributed by atoms with Crippen LogP contribution in [-0.4, -0.2) is 12.3 Å². The van der Waals surface area contributed by atoms with Gasteiger partial charge in [0.15, 0.2) is 0 Å². The van der Waals surface area contributed by atoms with Crippen LogP contribution in [0, 0.1) is 13.8 Å². The van der Waals surface area contributed by atoms with Crippen molar-refractivity contribution in [1.82, 2.24) is 0 Å². The first-order valence-electron chi connectivity index (χ1n) is 6.29. The summed E-state index contributed by atoms with van der Waals surface area (Å²) in [6.07, 6.45) is 0.608. The van der Waals surface area contributed by atoms with Gasteiger partial charge in [0.25, 0.3) is 5.91 Å². The van der Waals surface area contributed by atoms with Crippen molar-refractivity contribution in [3.05, 3.63) is 59.2 Å². The molecule has 2 amide bonds. The second-order valence-corrected chi connectivity index (χ2v) is 4.62. The average Bonchev–Trinajstić information content (AvgIpc) is 2.43. The highest BCUT2D eigenvalue weighted by Crippen LogP contribution is 2.20. The van der Waals surface area contributed by atoms with Crippen LogP contribution in [0.1, 0.15) is 21.5 Å². The largest absolute Gasteiger partial charge is 0.329 e. The fourth-order valence-electron chi connectivity index (χ4n) is 1.90. The van der Waals surface area contributed by atoms with Gasteiger partial charge < -0.3 is 10.6 Å². The first-order chi connectivity index (χ1) is 9.60. The molecule has 0 radical (unpaired) electrons. The molecule has 0 aromatic heterocycles. The van der Waals surface area contributed by atoms with Gasteiger partial charge in [-0.15, -0.1) is 0 Å². The summed E-state index contributed by atoms with van der Waals surface area (Å²) >= 11 is 0. The number of anilines is 2. The van der Waals surface area contributed by atoms with Gasteiger partial charge in [-0.05, 0) is 43.7 Å². The van der Waals surface area contributed by atoms with Crippen LogP contribution in [0.15, 0.2) is 42.5 Å². The minimum Gasteiger partial charge on any atom is -0.329 e. The quantitative estimate of drug-likeness (QED) is 0.837. The zero-order valence-electron chi connectivity index (χ0n) is 11.4. The number of amides is 2. The average molecular weight is 268 g/mol. The van der Waals surface area contributed by atoms with Crippen LogP contribution in [0.3, 0.4) is 0 Å². The van der Waals surface area contributed by atoms with Gasteiger partial charge in [0, 0.05) is 16.9 Å². The van der Waals surface area contributed by atoms with Crippen molar-refractivity contribution in [3.8, 4) is 0 Å². The maximum atomic E-state index is 12.2. The number of rotatable bonds is 4. The Hall–Kier alpha value is -2.62. The molecule has 2 rings (SSSR count). The summed E-state index contributed by atoms with van der Waals surface area (Å²) in [6, 6.07) is 12.8. The monoisotopic (exact) mass is 268 g/mol. The van der Waals surface area contributed by atoms with Crippen LogP contribution >= 0.6 is 0 Å². The topological polar surface area (TPSA) is 58.2 Å². The van der Waals surface area contributed by atoms with Gasteiger partial charge >= 0.3 is 0 Å². The molecule has 102 valence electrons. The zero-order valence-corrected chi connectivity index (χ0v) is 11.4. The van der Waals surface area contributed by atoms with Crippen molar-refractivity contribution in [2.24, 2.45) is 0 Å². The van der Waals surface area contributed by atoms with Crippen LogP contribution in [0.25, 0.3) is 0 Å². The summed E-state index contributed by atoms with van der Waals surface area (Å²) in [6.45, 7) is 3.84. The Balaban J connectivity index is 2.23. The number of nitrogens with one attached hydrogen (secondary N) is 2. The van der Waals surface area contributed by atoms with Gasteiger partial charge in [-0.2, -0.15) is 0 Å². The molecular weight excluding hydrogens is 252 g/mol. The van der Waals surface area contributed by atoms with E-state index >= 15 is 0 Å². The van der Waals surface area contributed by atoms with Gasteiger partial charge in [0.05, 0.1) is 0 Å². The molecule has 2 aromatic carbocycles. The van der Waals surface area contributed by atoms with Gasteiger partial charge in [-0.3, -0.25) is 9.59 Å². The van der Waals surface area contributed by atoms with Crippen LogP contribution in [0.2, 0.25) is 0 Å². The molecule has 4 nitrogen and oxygen atoms in total. The number of benzene rings is 2. The van der Waals surface area contributed by atoms with Crippen LogP contribution in [-0.2, 0) is 4.79 Å². The van der Waals surface area contributed by atoms with E-state index in [9.17, 15) is 9.59 Å². The molecule has 0 spiro atoms. The standard InChI is InChI=1S/C16H16N2O2/c1-11-4-3-5-13(8-11)16(20)18-15-9-14(17-10-19)7-6-12(15)2/h3-10H,1-2H3,(H,17,19)(H,18,20). The molecule has 20 heavy (non-hydrogen) atoms. The predicted molar refractivity (Wildman–Crippen MR) is 80.0 cm³/mol. The van der Waals surface area contributed by atoms with E-state index in [4.69, 9.17) is 0 Å². The molecule has 0 saturated carbocycles. The number of carbonyl (C=O) groups excluding carboxylic acids is 2. The smallest absolute Gasteiger partial charge is 0.255 e. The molecule has 0 unspecified atom stereocenters. The second kappa shape index (κ2) is 6.02. The van der Waals surface area contributed by atoms with Crippen LogP contribution in [0.5, 0.6) is 0 Å². The van der Waals surface area contributed by atoms with E-state index in [2.05, 4.69) is 10.6 Å². The van der Waals surface area contributed by atoms with E-state index in [1.54, 1.807) is 18.2 Å². The fraction of sp³-hybridized carbons (Fsp3) is 0.125. The third-order valence-corrected chi connectivity index (χ3v) is 2.99. The molecule has 0 atom stereocenters. The Morgan fingerprint density at radius 2 is 1.90 bits per heavy atom. The molecule has 0 heterocycles. The molecule has 0 bridgehead atoms. The molecule has 0 aliphatic rings.